The smallest absolute Gasteiger partial charge is 0.379 e. The number of unbranched alkanes of at least 4 members (excludes halogenated alkanes) is 1. The summed E-state index contributed by atoms with van der Waals surface area (Å²) in [5, 5.41) is 3.15. The summed E-state index contributed by atoms with van der Waals surface area (Å²) in [6.45, 7) is 5.31. The van der Waals surface area contributed by atoms with Crippen molar-refractivity contribution in [3.05, 3.63) is 0 Å². The van der Waals surface area contributed by atoms with Crippen molar-refractivity contribution in [1.29, 1.82) is 0 Å². The molecule has 0 unspecified atom stereocenters. The Labute approximate surface area is 131 Å². The molecule has 0 spiro atoms. The molecular weight excluding hydrogens is 295 g/mol. The maximum Gasteiger partial charge on any atom is 0.389 e. The van der Waals surface area contributed by atoms with E-state index in [9.17, 15) is 13.2 Å². The second kappa shape index (κ2) is 9.92. The van der Waals surface area contributed by atoms with Crippen LogP contribution in [0.1, 0.15) is 39.0 Å². The van der Waals surface area contributed by atoms with Gasteiger partial charge in [-0.05, 0) is 38.5 Å². The molecule has 0 aliphatic heterocycles. The molecule has 22 heavy (non-hydrogen) atoms. The van der Waals surface area contributed by atoms with Gasteiger partial charge in [-0.2, -0.15) is 13.2 Å². The average molecular weight is 323 g/mol. The van der Waals surface area contributed by atoms with Gasteiger partial charge in [0.1, 0.15) is 0 Å². The van der Waals surface area contributed by atoms with Crippen LogP contribution in [-0.4, -0.2) is 56.9 Å². The minimum atomic E-state index is -4.07. The fourth-order valence-corrected chi connectivity index (χ4v) is 1.93. The van der Waals surface area contributed by atoms with Crippen LogP contribution in [-0.2, 0) is 4.74 Å². The highest BCUT2D eigenvalue weighted by Gasteiger charge is 2.25. The lowest BCUT2D eigenvalue weighted by atomic mass is 10.2. The molecule has 0 heterocycles. The Morgan fingerprint density at radius 3 is 2.64 bits per heavy atom. The highest BCUT2D eigenvalue weighted by atomic mass is 19.4. The van der Waals surface area contributed by atoms with Crippen molar-refractivity contribution in [2.24, 2.45) is 10.9 Å². The number of alkyl halides is 3. The van der Waals surface area contributed by atoms with Crippen LogP contribution in [0, 0.1) is 5.92 Å². The summed E-state index contributed by atoms with van der Waals surface area (Å²) < 4.78 is 41.8. The zero-order chi connectivity index (χ0) is 16.4. The maximum absolute atomic E-state index is 12.1. The van der Waals surface area contributed by atoms with Crippen LogP contribution in [0.2, 0.25) is 0 Å². The monoisotopic (exact) mass is 323 g/mol. The first kappa shape index (κ1) is 19.1. The van der Waals surface area contributed by atoms with Gasteiger partial charge >= 0.3 is 6.18 Å². The van der Waals surface area contributed by atoms with Gasteiger partial charge in [0, 0.05) is 39.7 Å². The maximum atomic E-state index is 12.1. The topological polar surface area (TPSA) is 36.9 Å². The van der Waals surface area contributed by atoms with E-state index in [1.54, 1.807) is 0 Å². The number of aliphatic imine (C=N–C) groups is 1. The average Bonchev–Trinajstić information content (AvgIpc) is 3.24. The van der Waals surface area contributed by atoms with E-state index in [0.717, 1.165) is 31.6 Å². The molecule has 4 nitrogen and oxygen atoms in total. The minimum absolute atomic E-state index is 0.126. The summed E-state index contributed by atoms with van der Waals surface area (Å²) in [7, 11) is 1.91. The molecule has 0 saturated heterocycles. The van der Waals surface area contributed by atoms with E-state index >= 15 is 0 Å². The molecule has 130 valence electrons. The van der Waals surface area contributed by atoms with Gasteiger partial charge in [0.2, 0.25) is 0 Å². The molecule has 1 N–H and O–H groups in total. The Bertz CT molecular complexity index is 330. The van der Waals surface area contributed by atoms with Gasteiger partial charge in [-0.25, -0.2) is 0 Å². The molecule has 0 aromatic rings. The van der Waals surface area contributed by atoms with Crippen LogP contribution in [0.25, 0.3) is 0 Å². The zero-order valence-corrected chi connectivity index (χ0v) is 13.6. The van der Waals surface area contributed by atoms with Gasteiger partial charge < -0.3 is 15.0 Å². The predicted molar refractivity (Wildman–Crippen MR) is 82.1 cm³/mol. The van der Waals surface area contributed by atoms with Crippen molar-refractivity contribution in [2.75, 3.05) is 39.9 Å². The number of halogens is 3. The number of rotatable bonds is 10. The summed E-state index contributed by atoms with van der Waals surface area (Å²) >= 11 is 0. The van der Waals surface area contributed by atoms with Crippen LogP contribution in [0.15, 0.2) is 4.99 Å². The highest BCUT2D eigenvalue weighted by molar-refractivity contribution is 5.79. The van der Waals surface area contributed by atoms with E-state index in [0.29, 0.717) is 19.6 Å². The third-order valence-corrected chi connectivity index (χ3v) is 3.45. The fraction of sp³-hybridized carbons (Fsp3) is 0.933. The Morgan fingerprint density at radius 1 is 1.32 bits per heavy atom. The van der Waals surface area contributed by atoms with E-state index in [1.165, 1.54) is 12.8 Å². The number of hydrogen-bond donors (Lipinski definition) is 1. The first-order chi connectivity index (χ1) is 10.4. The second-order valence-corrected chi connectivity index (χ2v) is 5.75. The molecule has 0 atom stereocenters. The molecule has 7 heteroatoms. The van der Waals surface area contributed by atoms with Gasteiger partial charge in [-0.3, -0.25) is 4.99 Å². The van der Waals surface area contributed by atoms with E-state index in [4.69, 9.17) is 4.74 Å². The number of likely N-dealkylation sites (N-methyl/N-ethyl adjacent to an activating group) is 1. The van der Waals surface area contributed by atoms with Crippen molar-refractivity contribution >= 4 is 5.96 Å². The summed E-state index contributed by atoms with van der Waals surface area (Å²) in [4.78, 5) is 6.33. The summed E-state index contributed by atoms with van der Waals surface area (Å²) in [5.41, 5.74) is 0. The van der Waals surface area contributed by atoms with Crippen molar-refractivity contribution < 1.29 is 17.9 Å². The molecule has 1 rings (SSSR count). The number of hydrogen-bond acceptors (Lipinski definition) is 2. The van der Waals surface area contributed by atoms with E-state index in [2.05, 4.69) is 10.3 Å². The normalized spacial score (nSPS) is 16.0. The Balaban J connectivity index is 2.20. The predicted octanol–water partition coefficient (Wildman–Crippen LogP) is 3.04. The molecule has 1 saturated carbocycles. The molecule has 1 aliphatic carbocycles. The fourth-order valence-electron chi connectivity index (χ4n) is 1.93. The van der Waals surface area contributed by atoms with Gasteiger partial charge in [0.25, 0.3) is 0 Å². The Kier molecular flexibility index (Phi) is 8.60. The molecule has 1 fully saturated rings. The first-order valence-corrected chi connectivity index (χ1v) is 8.06. The van der Waals surface area contributed by atoms with Crippen LogP contribution < -0.4 is 5.32 Å². The van der Waals surface area contributed by atoms with Crippen LogP contribution in [0.5, 0.6) is 0 Å². The number of nitrogens with one attached hydrogen (secondary N) is 1. The van der Waals surface area contributed by atoms with Gasteiger partial charge in [-0.15, -0.1) is 0 Å². The first-order valence-electron chi connectivity index (χ1n) is 8.06. The lowest BCUT2D eigenvalue weighted by Crippen LogP contribution is -2.40. The summed E-state index contributed by atoms with van der Waals surface area (Å²) in [5.74, 6) is 1.48. The third-order valence-electron chi connectivity index (χ3n) is 3.45. The second-order valence-electron chi connectivity index (χ2n) is 5.75. The van der Waals surface area contributed by atoms with Crippen molar-refractivity contribution in [2.45, 2.75) is 45.2 Å². The summed E-state index contributed by atoms with van der Waals surface area (Å²) in [6.07, 6.45) is -1.68. The third kappa shape index (κ3) is 9.87. The lowest BCUT2D eigenvalue weighted by Gasteiger charge is -2.22. The lowest BCUT2D eigenvalue weighted by molar-refractivity contribution is -0.135. The SMILES string of the molecule is CCNC(=NCCCCC(F)(F)F)N(C)CCOCC1CC1. The largest absolute Gasteiger partial charge is 0.389 e. The Morgan fingerprint density at radius 2 is 2.05 bits per heavy atom. The molecule has 0 aromatic carbocycles. The molecular formula is C15H28F3N3O. The van der Waals surface area contributed by atoms with E-state index < -0.39 is 12.6 Å². The zero-order valence-electron chi connectivity index (χ0n) is 13.6. The number of guanidine groups is 1. The van der Waals surface area contributed by atoms with Gasteiger partial charge in [-0.1, -0.05) is 0 Å². The van der Waals surface area contributed by atoms with Crippen molar-refractivity contribution in [1.82, 2.24) is 10.2 Å². The standard InChI is InChI=1S/C15H28F3N3O/c1-3-19-14(20-9-5-4-8-15(16,17)18)21(2)10-11-22-12-13-6-7-13/h13H,3-12H2,1-2H3,(H,19,20). The minimum Gasteiger partial charge on any atom is -0.379 e. The van der Waals surface area contributed by atoms with Gasteiger partial charge in [0.15, 0.2) is 5.96 Å². The highest BCUT2D eigenvalue weighted by Crippen LogP contribution is 2.28. The Hall–Kier alpha value is -0.980. The van der Waals surface area contributed by atoms with Crippen LogP contribution >= 0.6 is 0 Å². The number of nitrogens with zero attached hydrogens (tertiary/aromatic N) is 2. The summed E-state index contributed by atoms with van der Waals surface area (Å²) in [6, 6.07) is 0. The molecule has 0 amide bonds. The van der Waals surface area contributed by atoms with Crippen LogP contribution in [0.3, 0.4) is 0 Å². The van der Waals surface area contributed by atoms with Crippen molar-refractivity contribution in [3.8, 4) is 0 Å². The number of ether oxygens (including phenoxy) is 1. The molecule has 0 bridgehead atoms. The van der Waals surface area contributed by atoms with Gasteiger partial charge in [0.05, 0.1) is 6.61 Å². The van der Waals surface area contributed by atoms with Crippen LogP contribution in [0.4, 0.5) is 13.2 Å². The van der Waals surface area contributed by atoms with E-state index in [-0.39, 0.29) is 6.42 Å². The van der Waals surface area contributed by atoms with Crippen molar-refractivity contribution in [3.63, 3.8) is 0 Å². The quantitative estimate of drug-likeness (QED) is 0.381. The molecule has 0 aromatic heterocycles. The molecule has 1 aliphatic rings. The molecule has 0 radical (unpaired) electrons. The van der Waals surface area contributed by atoms with E-state index in [1.807, 2.05) is 18.9 Å².